The minimum absolute atomic E-state index is 0.0425. The van der Waals surface area contributed by atoms with Crippen molar-refractivity contribution < 1.29 is 14.3 Å². The molecule has 5 nitrogen and oxygen atoms in total. The van der Waals surface area contributed by atoms with Gasteiger partial charge >= 0.3 is 0 Å². The molecule has 126 valence electrons. The van der Waals surface area contributed by atoms with Crippen LogP contribution in [0.2, 0.25) is 0 Å². The van der Waals surface area contributed by atoms with Gasteiger partial charge in [-0.3, -0.25) is 9.59 Å². The van der Waals surface area contributed by atoms with E-state index in [0.29, 0.717) is 26.1 Å². The van der Waals surface area contributed by atoms with E-state index in [9.17, 15) is 9.59 Å². The fraction of sp³-hybridized carbons (Fsp3) is 0.556. The SMILES string of the molecule is CCCCC(=O)N[C@@H](C)C(=O)N1CCOC(c2ccccc2)C1. The van der Waals surface area contributed by atoms with E-state index < -0.39 is 6.04 Å². The maximum Gasteiger partial charge on any atom is 0.245 e. The number of nitrogens with zero attached hydrogens (tertiary/aromatic N) is 1. The summed E-state index contributed by atoms with van der Waals surface area (Å²) in [4.78, 5) is 26.1. The minimum Gasteiger partial charge on any atom is -0.370 e. The van der Waals surface area contributed by atoms with Crippen LogP contribution in [0.1, 0.15) is 44.8 Å². The monoisotopic (exact) mass is 318 g/mol. The molecule has 0 saturated carbocycles. The van der Waals surface area contributed by atoms with Crippen LogP contribution in [0.25, 0.3) is 0 Å². The van der Waals surface area contributed by atoms with Crippen LogP contribution in [-0.4, -0.2) is 42.5 Å². The Morgan fingerprint density at radius 1 is 1.35 bits per heavy atom. The van der Waals surface area contributed by atoms with E-state index in [1.54, 1.807) is 11.8 Å². The van der Waals surface area contributed by atoms with Crippen LogP contribution >= 0.6 is 0 Å². The average molecular weight is 318 g/mol. The number of hydrogen-bond donors (Lipinski definition) is 1. The highest BCUT2D eigenvalue weighted by atomic mass is 16.5. The van der Waals surface area contributed by atoms with Gasteiger partial charge in [0, 0.05) is 13.0 Å². The molecule has 0 aliphatic carbocycles. The lowest BCUT2D eigenvalue weighted by molar-refractivity contribution is -0.142. The first-order valence-corrected chi connectivity index (χ1v) is 8.36. The minimum atomic E-state index is -0.492. The van der Waals surface area contributed by atoms with Gasteiger partial charge in [-0.1, -0.05) is 43.7 Å². The Labute approximate surface area is 138 Å². The molecule has 23 heavy (non-hydrogen) atoms. The second-order valence-corrected chi connectivity index (χ2v) is 5.95. The van der Waals surface area contributed by atoms with Gasteiger partial charge in [0.1, 0.15) is 12.1 Å². The van der Waals surface area contributed by atoms with Crippen molar-refractivity contribution in [1.29, 1.82) is 0 Å². The molecule has 2 amide bonds. The van der Waals surface area contributed by atoms with E-state index >= 15 is 0 Å². The molecule has 1 aliphatic rings. The summed E-state index contributed by atoms with van der Waals surface area (Å²) in [6, 6.07) is 9.42. The number of benzene rings is 1. The summed E-state index contributed by atoms with van der Waals surface area (Å²) in [6.07, 6.45) is 2.19. The van der Waals surface area contributed by atoms with Crippen LogP contribution in [0.3, 0.4) is 0 Å². The number of ether oxygens (including phenoxy) is 1. The smallest absolute Gasteiger partial charge is 0.245 e. The largest absolute Gasteiger partial charge is 0.370 e. The van der Waals surface area contributed by atoms with E-state index in [1.165, 1.54) is 0 Å². The topological polar surface area (TPSA) is 58.6 Å². The maximum absolute atomic E-state index is 12.5. The zero-order valence-corrected chi connectivity index (χ0v) is 14.0. The number of amides is 2. The predicted molar refractivity (Wildman–Crippen MR) is 88.8 cm³/mol. The lowest BCUT2D eigenvalue weighted by Crippen LogP contribution is -2.51. The van der Waals surface area contributed by atoms with Crippen LogP contribution in [0.4, 0.5) is 0 Å². The Morgan fingerprint density at radius 3 is 2.78 bits per heavy atom. The number of carbonyl (C=O) groups is 2. The van der Waals surface area contributed by atoms with Crippen molar-refractivity contribution in [2.75, 3.05) is 19.7 Å². The van der Waals surface area contributed by atoms with Crippen LogP contribution in [-0.2, 0) is 14.3 Å². The Kier molecular flexibility index (Phi) is 6.59. The Hall–Kier alpha value is -1.88. The molecule has 1 aromatic rings. The van der Waals surface area contributed by atoms with Gasteiger partial charge in [-0.05, 0) is 18.9 Å². The molecule has 1 unspecified atom stereocenters. The standard InChI is InChI=1S/C18H26N2O3/c1-3-4-10-17(21)19-14(2)18(22)20-11-12-23-16(13-20)15-8-6-5-7-9-15/h5-9,14,16H,3-4,10-13H2,1-2H3,(H,19,21)/t14-,16?/m0/s1. The van der Waals surface area contributed by atoms with Crippen LogP contribution < -0.4 is 5.32 Å². The number of hydrogen-bond acceptors (Lipinski definition) is 3. The van der Waals surface area contributed by atoms with Gasteiger partial charge in [-0.2, -0.15) is 0 Å². The fourth-order valence-electron chi connectivity index (χ4n) is 2.71. The lowest BCUT2D eigenvalue weighted by atomic mass is 10.1. The first kappa shape index (κ1) is 17.5. The molecule has 1 fully saturated rings. The molecule has 0 bridgehead atoms. The zero-order chi connectivity index (χ0) is 16.7. The van der Waals surface area contributed by atoms with Crippen molar-refractivity contribution in [1.82, 2.24) is 10.2 Å². The molecule has 2 rings (SSSR count). The van der Waals surface area contributed by atoms with E-state index in [0.717, 1.165) is 18.4 Å². The molecule has 0 radical (unpaired) electrons. The first-order valence-electron chi connectivity index (χ1n) is 8.36. The van der Waals surface area contributed by atoms with Crippen molar-refractivity contribution >= 4 is 11.8 Å². The van der Waals surface area contributed by atoms with Gasteiger partial charge < -0.3 is 15.0 Å². The third-order valence-corrected chi connectivity index (χ3v) is 4.05. The molecule has 5 heteroatoms. The number of unbranched alkanes of at least 4 members (excludes halogenated alkanes) is 1. The fourth-order valence-corrected chi connectivity index (χ4v) is 2.71. The summed E-state index contributed by atoms with van der Waals surface area (Å²) in [5, 5.41) is 2.80. The normalized spacial score (nSPS) is 19.2. The summed E-state index contributed by atoms with van der Waals surface area (Å²) in [7, 11) is 0. The maximum atomic E-state index is 12.5. The molecule has 0 aromatic heterocycles. The summed E-state index contributed by atoms with van der Waals surface area (Å²) in [5.74, 6) is -0.0975. The van der Waals surface area contributed by atoms with Crippen molar-refractivity contribution in [2.45, 2.75) is 45.3 Å². The highest BCUT2D eigenvalue weighted by Gasteiger charge is 2.28. The second kappa shape index (κ2) is 8.67. The third kappa shape index (κ3) is 5.06. The molecule has 1 heterocycles. The van der Waals surface area contributed by atoms with Crippen LogP contribution in [0.5, 0.6) is 0 Å². The van der Waals surface area contributed by atoms with Crippen molar-refractivity contribution in [2.24, 2.45) is 0 Å². The quantitative estimate of drug-likeness (QED) is 0.875. The van der Waals surface area contributed by atoms with E-state index in [1.807, 2.05) is 37.3 Å². The third-order valence-electron chi connectivity index (χ3n) is 4.05. The van der Waals surface area contributed by atoms with Gasteiger partial charge in [-0.25, -0.2) is 0 Å². The van der Waals surface area contributed by atoms with Crippen molar-refractivity contribution in [3.8, 4) is 0 Å². The summed E-state index contributed by atoms with van der Waals surface area (Å²) < 4.78 is 5.78. The molecule has 1 aromatic carbocycles. The molecule has 1 saturated heterocycles. The first-order chi connectivity index (χ1) is 11.1. The summed E-state index contributed by atoms with van der Waals surface area (Å²) in [5.41, 5.74) is 1.07. The Morgan fingerprint density at radius 2 is 2.09 bits per heavy atom. The molecule has 1 N–H and O–H groups in total. The number of rotatable bonds is 6. The van der Waals surface area contributed by atoms with Gasteiger partial charge in [0.2, 0.25) is 11.8 Å². The molecule has 0 spiro atoms. The molecular weight excluding hydrogens is 292 g/mol. The zero-order valence-electron chi connectivity index (χ0n) is 14.0. The molecule has 1 aliphatic heterocycles. The summed E-state index contributed by atoms with van der Waals surface area (Å²) >= 11 is 0. The number of carbonyl (C=O) groups excluding carboxylic acids is 2. The van der Waals surface area contributed by atoms with Gasteiger partial charge in [0.25, 0.3) is 0 Å². The summed E-state index contributed by atoms with van der Waals surface area (Å²) in [6.45, 7) is 5.40. The highest BCUT2D eigenvalue weighted by molar-refractivity contribution is 5.87. The molecule has 2 atom stereocenters. The van der Waals surface area contributed by atoms with E-state index in [-0.39, 0.29) is 17.9 Å². The van der Waals surface area contributed by atoms with Gasteiger partial charge in [0.05, 0.1) is 13.2 Å². The lowest BCUT2D eigenvalue weighted by Gasteiger charge is -2.34. The predicted octanol–water partition coefficient (Wildman–Crippen LogP) is 2.28. The van der Waals surface area contributed by atoms with Crippen molar-refractivity contribution in [3.63, 3.8) is 0 Å². The van der Waals surface area contributed by atoms with Gasteiger partial charge in [0.15, 0.2) is 0 Å². The average Bonchev–Trinajstić information content (AvgIpc) is 2.60. The van der Waals surface area contributed by atoms with Crippen molar-refractivity contribution in [3.05, 3.63) is 35.9 Å². The highest BCUT2D eigenvalue weighted by Crippen LogP contribution is 2.22. The number of nitrogens with one attached hydrogen (secondary N) is 1. The molecular formula is C18H26N2O3. The Bertz CT molecular complexity index is 518. The van der Waals surface area contributed by atoms with Gasteiger partial charge in [-0.15, -0.1) is 0 Å². The second-order valence-electron chi connectivity index (χ2n) is 5.95. The van der Waals surface area contributed by atoms with Crippen LogP contribution in [0, 0.1) is 0 Å². The van der Waals surface area contributed by atoms with E-state index in [4.69, 9.17) is 4.74 Å². The van der Waals surface area contributed by atoms with E-state index in [2.05, 4.69) is 5.32 Å². The Balaban J connectivity index is 1.90. The van der Waals surface area contributed by atoms with Crippen LogP contribution in [0.15, 0.2) is 30.3 Å². The number of morpholine rings is 1.